The average molecular weight is 212 g/mol. The molecule has 0 heterocycles. The number of nitriles is 1. The average Bonchev–Trinajstić information content (AvgIpc) is 2.21. The van der Waals surface area contributed by atoms with Crippen molar-refractivity contribution in [1.29, 1.82) is 5.26 Å². The van der Waals surface area contributed by atoms with Gasteiger partial charge in [0.1, 0.15) is 6.07 Å². The number of hydrogen-bond donors (Lipinski definition) is 2. The van der Waals surface area contributed by atoms with Crippen molar-refractivity contribution in [3.05, 3.63) is 0 Å². The normalized spacial score (nSPS) is 11.2. The van der Waals surface area contributed by atoms with E-state index in [-0.39, 0.29) is 6.42 Å². The molecule has 0 saturated heterocycles. The van der Waals surface area contributed by atoms with Crippen molar-refractivity contribution in [2.45, 2.75) is 32.2 Å². The molecule has 15 heavy (non-hydrogen) atoms. The quantitative estimate of drug-likeness (QED) is 0.491. The molecule has 0 fully saturated rings. The minimum Gasteiger partial charge on any atom is -0.465 e. The summed E-state index contributed by atoms with van der Waals surface area (Å²) < 4.78 is 0. The molecule has 0 aromatic rings. The Morgan fingerprint density at radius 3 is 2.47 bits per heavy atom. The van der Waals surface area contributed by atoms with E-state index >= 15 is 0 Å². The number of amides is 1. The number of nitrogens with one attached hydrogen (secondary N) is 1. The minimum atomic E-state index is -1.38. The zero-order valence-electron chi connectivity index (χ0n) is 8.32. The molecule has 0 saturated carbocycles. The van der Waals surface area contributed by atoms with Crippen LogP contribution in [0, 0.1) is 11.3 Å². The summed E-state index contributed by atoms with van der Waals surface area (Å²) in [5.41, 5.74) is 0. The van der Waals surface area contributed by atoms with Crippen LogP contribution in [0.5, 0.6) is 0 Å². The lowest BCUT2D eigenvalue weighted by molar-refractivity contribution is -0.134. The first-order valence-corrected chi connectivity index (χ1v) is 4.50. The molecule has 0 spiro atoms. The number of carbonyl (C=O) groups is 3. The van der Waals surface area contributed by atoms with Crippen molar-refractivity contribution in [2.75, 3.05) is 0 Å². The maximum Gasteiger partial charge on any atom is 0.405 e. The molecule has 0 bridgehead atoms. The van der Waals surface area contributed by atoms with Gasteiger partial charge in [0.05, 0.1) is 6.04 Å². The van der Waals surface area contributed by atoms with E-state index in [1.165, 1.54) is 6.07 Å². The fourth-order valence-corrected chi connectivity index (χ4v) is 1.04. The third kappa shape index (κ3) is 4.76. The highest BCUT2D eigenvalue weighted by Crippen LogP contribution is 2.02. The Morgan fingerprint density at radius 2 is 2.07 bits per heavy atom. The topological polar surface area (TPSA) is 107 Å². The number of ketones is 2. The lowest BCUT2D eigenvalue weighted by Gasteiger charge is -2.12. The Hall–Kier alpha value is -1.90. The summed E-state index contributed by atoms with van der Waals surface area (Å²) in [6.07, 6.45) is 0.228. The van der Waals surface area contributed by atoms with Crippen LogP contribution < -0.4 is 5.32 Å². The number of hydrogen-bond acceptors (Lipinski definition) is 4. The smallest absolute Gasteiger partial charge is 0.405 e. The lowest BCUT2D eigenvalue weighted by Crippen LogP contribution is -2.43. The summed E-state index contributed by atoms with van der Waals surface area (Å²) in [4.78, 5) is 32.3. The summed E-state index contributed by atoms with van der Waals surface area (Å²) in [5, 5.41) is 18.6. The predicted octanol–water partition coefficient (Wildman–Crippen LogP) is 0.475. The molecule has 6 nitrogen and oxygen atoms in total. The number of carbonyl (C=O) groups excluding carboxylic acids is 2. The van der Waals surface area contributed by atoms with Crippen LogP contribution in [0.1, 0.15) is 26.2 Å². The number of nitrogens with zero attached hydrogens (tertiary/aromatic N) is 1. The minimum absolute atomic E-state index is 0.231. The zero-order valence-corrected chi connectivity index (χ0v) is 8.32. The van der Waals surface area contributed by atoms with Gasteiger partial charge in [-0.25, -0.2) is 4.79 Å². The van der Waals surface area contributed by atoms with E-state index in [9.17, 15) is 14.4 Å². The van der Waals surface area contributed by atoms with Crippen LogP contribution >= 0.6 is 0 Å². The molecule has 0 aliphatic rings. The molecule has 1 atom stereocenters. The summed E-state index contributed by atoms with van der Waals surface area (Å²) in [6, 6.07) is 0.0713. The van der Waals surface area contributed by atoms with E-state index in [1.54, 1.807) is 0 Å². The van der Waals surface area contributed by atoms with E-state index in [2.05, 4.69) is 0 Å². The first-order valence-electron chi connectivity index (χ1n) is 4.50. The number of rotatable bonds is 6. The van der Waals surface area contributed by atoms with Gasteiger partial charge in [-0.15, -0.1) is 0 Å². The molecule has 0 aromatic carbocycles. The van der Waals surface area contributed by atoms with E-state index in [1.807, 2.05) is 12.2 Å². The molecule has 0 unspecified atom stereocenters. The molecule has 2 N–H and O–H groups in total. The van der Waals surface area contributed by atoms with Gasteiger partial charge in [0.2, 0.25) is 5.78 Å². The van der Waals surface area contributed by atoms with Gasteiger partial charge in [-0.3, -0.25) is 9.59 Å². The molecule has 0 aliphatic heterocycles. The van der Waals surface area contributed by atoms with E-state index in [0.717, 1.165) is 6.42 Å². The van der Waals surface area contributed by atoms with Gasteiger partial charge in [-0.05, 0) is 6.42 Å². The van der Waals surface area contributed by atoms with Gasteiger partial charge >= 0.3 is 6.09 Å². The number of Topliss-reactive ketones (excluding diaryl/α,β-unsaturated/α-hetero) is 2. The summed E-state index contributed by atoms with van der Waals surface area (Å²) >= 11 is 0. The first-order chi connectivity index (χ1) is 7.02. The molecule has 0 radical (unpaired) electrons. The monoisotopic (exact) mass is 212 g/mol. The molecular formula is C9H12N2O4. The van der Waals surface area contributed by atoms with E-state index < -0.39 is 23.7 Å². The highest BCUT2D eigenvalue weighted by Gasteiger charge is 2.25. The van der Waals surface area contributed by atoms with Gasteiger partial charge in [0.15, 0.2) is 0 Å². The van der Waals surface area contributed by atoms with Crippen LogP contribution in [0.4, 0.5) is 4.79 Å². The van der Waals surface area contributed by atoms with Crippen molar-refractivity contribution in [1.82, 2.24) is 5.32 Å². The van der Waals surface area contributed by atoms with Crippen molar-refractivity contribution in [3.8, 4) is 6.07 Å². The summed E-state index contributed by atoms with van der Waals surface area (Å²) in [5.74, 6) is -2.21. The van der Waals surface area contributed by atoms with Crippen molar-refractivity contribution < 1.29 is 19.5 Å². The molecule has 1 amide bonds. The number of carboxylic acid groups (broad SMARTS) is 1. The second kappa shape index (κ2) is 6.54. The first kappa shape index (κ1) is 13.1. The molecule has 0 rings (SSSR count). The van der Waals surface area contributed by atoms with Gasteiger partial charge in [0, 0.05) is 0 Å². The van der Waals surface area contributed by atoms with Gasteiger partial charge in [0.25, 0.3) is 5.78 Å². The van der Waals surface area contributed by atoms with Crippen LogP contribution in [-0.4, -0.2) is 28.8 Å². The fraction of sp³-hybridized carbons (Fsp3) is 0.556. The van der Waals surface area contributed by atoms with Crippen LogP contribution in [-0.2, 0) is 9.59 Å². The van der Waals surface area contributed by atoms with Crippen LogP contribution in [0.3, 0.4) is 0 Å². The molecular weight excluding hydrogens is 200 g/mol. The standard InChI is InChI=1S/C9H12N2O4/c1-2-3-4-6(11-9(14)15)8(13)7(12)5-10/h6,11H,2-4H2,1H3,(H,14,15)/t6-/m0/s1. The van der Waals surface area contributed by atoms with Crippen LogP contribution in [0.25, 0.3) is 0 Å². The number of unbranched alkanes of at least 4 members (excludes halogenated alkanes) is 1. The lowest BCUT2D eigenvalue weighted by atomic mass is 10.0. The molecule has 82 valence electrons. The second-order valence-electron chi connectivity index (χ2n) is 2.95. The summed E-state index contributed by atoms with van der Waals surface area (Å²) in [6.45, 7) is 1.87. The zero-order chi connectivity index (χ0) is 11.8. The van der Waals surface area contributed by atoms with Crippen molar-refractivity contribution in [2.24, 2.45) is 0 Å². The van der Waals surface area contributed by atoms with E-state index in [0.29, 0.717) is 6.42 Å². The van der Waals surface area contributed by atoms with Gasteiger partial charge < -0.3 is 10.4 Å². The van der Waals surface area contributed by atoms with Crippen LogP contribution in [0.2, 0.25) is 0 Å². The van der Waals surface area contributed by atoms with Gasteiger partial charge in [-0.2, -0.15) is 5.26 Å². The molecule has 0 aromatic heterocycles. The fourth-order valence-electron chi connectivity index (χ4n) is 1.04. The Labute approximate surface area is 86.9 Å². The maximum absolute atomic E-state index is 11.2. The Bertz CT molecular complexity index is 306. The van der Waals surface area contributed by atoms with Crippen LogP contribution in [0.15, 0.2) is 0 Å². The largest absolute Gasteiger partial charge is 0.465 e. The van der Waals surface area contributed by atoms with Gasteiger partial charge in [-0.1, -0.05) is 19.8 Å². The second-order valence-corrected chi connectivity index (χ2v) is 2.95. The Balaban J connectivity index is 4.48. The van der Waals surface area contributed by atoms with Crippen molar-refractivity contribution >= 4 is 17.7 Å². The van der Waals surface area contributed by atoms with E-state index in [4.69, 9.17) is 10.4 Å². The molecule has 0 aliphatic carbocycles. The SMILES string of the molecule is CCCC[C@H](NC(=O)O)C(=O)C(=O)C#N. The predicted molar refractivity (Wildman–Crippen MR) is 50.1 cm³/mol. The Morgan fingerprint density at radius 1 is 1.47 bits per heavy atom. The molecule has 6 heteroatoms. The highest BCUT2D eigenvalue weighted by atomic mass is 16.4. The highest BCUT2D eigenvalue weighted by molar-refractivity contribution is 6.45. The Kier molecular flexibility index (Phi) is 5.71. The maximum atomic E-state index is 11.2. The van der Waals surface area contributed by atoms with Crippen molar-refractivity contribution in [3.63, 3.8) is 0 Å². The summed E-state index contributed by atoms with van der Waals surface area (Å²) in [7, 11) is 0. The third-order valence-electron chi connectivity index (χ3n) is 1.79. The third-order valence-corrected chi connectivity index (χ3v) is 1.79.